The molecule has 0 radical (unpaired) electrons. The lowest BCUT2D eigenvalue weighted by atomic mass is 10.0. The van der Waals surface area contributed by atoms with Gasteiger partial charge in [-0.15, -0.1) is 0 Å². The van der Waals surface area contributed by atoms with Gasteiger partial charge < -0.3 is 42.7 Å². The number of carbonyl (C=O) groups excluding carboxylic acids is 4. The van der Waals surface area contributed by atoms with Crippen LogP contribution in [-0.2, 0) is 30.4 Å². The van der Waals surface area contributed by atoms with Gasteiger partial charge in [0.25, 0.3) is 0 Å². The van der Waals surface area contributed by atoms with Crippen LogP contribution in [0.2, 0.25) is 0 Å². The van der Waals surface area contributed by atoms with Gasteiger partial charge in [-0.2, -0.15) is 0 Å². The van der Waals surface area contributed by atoms with E-state index < -0.39 is 72.2 Å². The van der Waals surface area contributed by atoms with Crippen molar-refractivity contribution in [3.8, 4) is 5.75 Å². The minimum atomic E-state index is -1.51. The summed E-state index contributed by atoms with van der Waals surface area (Å²) in [4.78, 5) is 61.1. The Morgan fingerprint density at radius 1 is 0.886 bits per heavy atom. The number of amides is 4. The van der Waals surface area contributed by atoms with Crippen LogP contribution >= 0.6 is 0 Å². The number of nitrogens with one attached hydrogen (secondary N) is 3. The van der Waals surface area contributed by atoms with Crippen molar-refractivity contribution in [2.75, 3.05) is 0 Å². The number of phenolic OH excluding ortho intramolecular Hbond substituents is 1. The zero-order valence-corrected chi connectivity index (χ0v) is 19.7. The van der Waals surface area contributed by atoms with E-state index in [1.54, 1.807) is 13.8 Å². The summed E-state index contributed by atoms with van der Waals surface area (Å²) in [5.41, 5.74) is 11.3. The molecule has 0 aliphatic carbocycles. The number of carbonyl (C=O) groups is 5. The average molecular weight is 496 g/mol. The van der Waals surface area contributed by atoms with Crippen molar-refractivity contribution >= 4 is 29.6 Å². The molecular formula is C22H33N5O8. The molecule has 194 valence electrons. The Balaban J connectivity index is 3.18. The van der Waals surface area contributed by atoms with Crippen molar-refractivity contribution in [3.63, 3.8) is 0 Å². The van der Waals surface area contributed by atoms with Gasteiger partial charge in [0.15, 0.2) is 0 Å². The maximum Gasteiger partial charge on any atom is 0.326 e. The normalized spacial score (nSPS) is 15.3. The van der Waals surface area contributed by atoms with Crippen molar-refractivity contribution in [3.05, 3.63) is 29.8 Å². The summed E-state index contributed by atoms with van der Waals surface area (Å²) < 4.78 is 0. The smallest absolute Gasteiger partial charge is 0.326 e. The third-order valence-electron chi connectivity index (χ3n) is 5.10. The van der Waals surface area contributed by atoms with Crippen LogP contribution in [0.4, 0.5) is 0 Å². The lowest BCUT2D eigenvalue weighted by Crippen LogP contribution is -2.59. The summed E-state index contributed by atoms with van der Waals surface area (Å²) in [6.07, 6.45) is -1.97. The van der Waals surface area contributed by atoms with Gasteiger partial charge in [0.05, 0.1) is 12.5 Å². The molecule has 13 nitrogen and oxygen atoms in total. The summed E-state index contributed by atoms with van der Waals surface area (Å²) in [6, 6.07) is 0.280. The molecule has 0 saturated heterocycles. The number of phenols is 1. The molecule has 0 fully saturated rings. The van der Waals surface area contributed by atoms with Crippen molar-refractivity contribution in [1.82, 2.24) is 16.0 Å². The first-order chi connectivity index (χ1) is 16.2. The van der Waals surface area contributed by atoms with Crippen LogP contribution in [0.3, 0.4) is 0 Å². The van der Waals surface area contributed by atoms with Gasteiger partial charge in [0, 0.05) is 6.42 Å². The molecule has 1 rings (SSSR count). The third kappa shape index (κ3) is 9.59. The zero-order valence-electron chi connectivity index (χ0n) is 19.7. The monoisotopic (exact) mass is 495 g/mol. The van der Waals surface area contributed by atoms with Crippen molar-refractivity contribution in [2.24, 2.45) is 17.4 Å². The third-order valence-corrected chi connectivity index (χ3v) is 5.10. The van der Waals surface area contributed by atoms with E-state index in [4.69, 9.17) is 11.5 Å². The van der Waals surface area contributed by atoms with E-state index in [9.17, 15) is 39.3 Å². The Bertz CT molecular complexity index is 919. The highest BCUT2D eigenvalue weighted by Gasteiger charge is 2.32. The first-order valence-corrected chi connectivity index (χ1v) is 10.9. The van der Waals surface area contributed by atoms with Gasteiger partial charge in [-0.05, 0) is 30.5 Å². The number of benzene rings is 1. The SMILES string of the molecule is CC(C)C(NC(=O)C(Cc1ccc(O)cc1)NC(=O)C(CC(N)=O)NC(=O)C(N)C(C)O)C(=O)O. The highest BCUT2D eigenvalue weighted by atomic mass is 16.4. The minimum absolute atomic E-state index is 0.0248. The molecule has 0 aliphatic rings. The fourth-order valence-electron chi connectivity index (χ4n) is 3.01. The number of hydrogen-bond donors (Lipinski definition) is 8. The van der Waals surface area contributed by atoms with E-state index in [2.05, 4.69) is 16.0 Å². The molecule has 0 aromatic heterocycles. The van der Waals surface area contributed by atoms with E-state index >= 15 is 0 Å². The molecule has 10 N–H and O–H groups in total. The van der Waals surface area contributed by atoms with Gasteiger partial charge in [0.2, 0.25) is 23.6 Å². The number of aliphatic carboxylic acids is 1. The van der Waals surface area contributed by atoms with E-state index in [-0.39, 0.29) is 12.2 Å². The second-order valence-electron chi connectivity index (χ2n) is 8.50. The number of aliphatic hydroxyl groups excluding tert-OH is 1. The Morgan fingerprint density at radius 2 is 1.40 bits per heavy atom. The molecule has 13 heteroatoms. The molecule has 1 aromatic rings. The predicted molar refractivity (Wildman–Crippen MR) is 124 cm³/mol. The highest BCUT2D eigenvalue weighted by Crippen LogP contribution is 2.12. The Kier molecular flexibility index (Phi) is 11.1. The van der Waals surface area contributed by atoms with Gasteiger partial charge >= 0.3 is 5.97 Å². The van der Waals surface area contributed by atoms with Crippen LogP contribution in [-0.4, -0.2) is 75.2 Å². The molecule has 35 heavy (non-hydrogen) atoms. The van der Waals surface area contributed by atoms with Crippen molar-refractivity contribution in [2.45, 2.75) is 63.9 Å². The molecular weight excluding hydrogens is 462 g/mol. The molecule has 0 saturated carbocycles. The summed E-state index contributed by atoms with van der Waals surface area (Å²) in [6.45, 7) is 4.45. The number of nitrogens with two attached hydrogens (primary N) is 2. The van der Waals surface area contributed by atoms with Crippen molar-refractivity contribution < 1.29 is 39.3 Å². The lowest BCUT2D eigenvalue weighted by Gasteiger charge is -2.26. The maximum atomic E-state index is 13.0. The van der Waals surface area contributed by atoms with E-state index in [0.717, 1.165) is 0 Å². The maximum absolute atomic E-state index is 13.0. The Morgan fingerprint density at radius 3 is 1.86 bits per heavy atom. The molecule has 5 unspecified atom stereocenters. The summed E-state index contributed by atoms with van der Waals surface area (Å²) >= 11 is 0. The van der Waals surface area contributed by atoms with Gasteiger partial charge in [-0.1, -0.05) is 26.0 Å². The fraction of sp³-hybridized carbons (Fsp3) is 0.500. The average Bonchev–Trinajstić information content (AvgIpc) is 2.76. The van der Waals surface area contributed by atoms with Crippen LogP contribution in [0.25, 0.3) is 0 Å². The number of aromatic hydroxyl groups is 1. The molecule has 0 aliphatic heterocycles. The van der Waals surface area contributed by atoms with Crippen LogP contribution in [0, 0.1) is 5.92 Å². The minimum Gasteiger partial charge on any atom is -0.508 e. The van der Waals surface area contributed by atoms with Crippen molar-refractivity contribution in [1.29, 1.82) is 0 Å². The van der Waals surface area contributed by atoms with Crippen LogP contribution in [0.5, 0.6) is 5.75 Å². The first-order valence-electron chi connectivity index (χ1n) is 10.9. The number of carboxylic acids is 1. The predicted octanol–water partition coefficient (Wildman–Crippen LogP) is -2.29. The largest absolute Gasteiger partial charge is 0.508 e. The molecule has 0 bridgehead atoms. The summed E-state index contributed by atoms with van der Waals surface area (Å²) in [5.74, 6) is -5.39. The standard InChI is InChI=1S/C22H33N5O8/c1-10(2)18(22(34)35)27-20(32)14(8-12-4-6-13(29)7-5-12)25-19(31)15(9-16(23)30)26-21(33)17(24)11(3)28/h4-7,10-11,14-15,17-18,28-29H,8-9,24H2,1-3H3,(H2,23,30)(H,25,31)(H,26,33)(H,27,32)(H,34,35). The van der Waals surface area contributed by atoms with Crippen LogP contribution in [0.15, 0.2) is 24.3 Å². The van der Waals surface area contributed by atoms with E-state index in [0.29, 0.717) is 5.56 Å². The van der Waals surface area contributed by atoms with E-state index in [1.165, 1.54) is 31.2 Å². The topological polar surface area (TPSA) is 234 Å². The molecule has 1 aromatic carbocycles. The summed E-state index contributed by atoms with van der Waals surface area (Å²) in [5, 5.41) is 35.4. The summed E-state index contributed by atoms with van der Waals surface area (Å²) in [7, 11) is 0. The first kappa shape index (κ1) is 29.3. The zero-order chi connectivity index (χ0) is 26.9. The number of hydrogen-bond acceptors (Lipinski definition) is 8. The van der Waals surface area contributed by atoms with Crippen LogP contribution in [0.1, 0.15) is 32.8 Å². The Labute approximate surface area is 202 Å². The fourth-order valence-corrected chi connectivity index (χ4v) is 3.01. The number of aliphatic hydroxyl groups is 1. The Hall–Kier alpha value is -3.71. The van der Waals surface area contributed by atoms with Gasteiger partial charge in [-0.3, -0.25) is 19.2 Å². The van der Waals surface area contributed by atoms with Gasteiger partial charge in [-0.25, -0.2) is 4.79 Å². The van der Waals surface area contributed by atoms with E-state index in [1.807, 2.05) is 0 Å². The number of rotatable bonds is 13. The number of carboxylic acid groups (broad SMARTS) is 1. The number of primary amides is 1. The lowest BCUT2D eigenvalue weighted by molar-refractivity contribution is -0.143. The quantitative estimate of drug-likeness (QED) is 0.147. The van der Waals surface area contributed by atoms with Crippen LogP contribution < -0.4 is 27.4 Å². The second kappa shape index (κ2) is 13.2. The van der Waals surface area contributed by atoms with Gasteiger partial charge in [0.1, 0.15) is 29.9 Å². The molecule has 5 atom stereocenters. The molecule has 0 spiro atoms. The molecule has 0 heterocycles. The highest BCUT2D eigenvalue weighted by molar-refractivity contribution is 5.96. The second-order valence-corrected chi connectivity index (χ2v) is 8.50. The molecule has 4 amide bonds.